The van der Waals surface area contributed by atoms with Crippen molar-refractivity contribution in [3.63, 3.8) is 0 Å². The van der Waals surface area contributed by atoms with E-state index in [1.54, 1.807) is 13.3 Å². The van der Waals surface area contributed by atoms with E-state index < -0.39 is 0 Å². The fourth-order valence-corrected chi connectivity index (χ4v) is 5.91. The Balaban J connectivity index is 1.52. The molecule has 0 bridgehead atoms. The van der Waals surface area contributed by atoms with Crippen molar-refractivity contribution in [2.45, 2.75) is 83.6 Å². The van der Waals surface area contributed by atoms with Crippen LogP contribution in [0.15, 0.2) is 36.7 Å². The van der Waals surface area contributed by atoms with Crippen LogP contribution >= 0.6 is 0 Å². The molecule has 2 fully saturated rings. The Kier molecular flexibility index (Phi) is 10.3. The molecule has 0 radical (unpaired) electrons. The zero-order chi connectivity index (χ0) is 28.5. The Bertz CT molecular complexity index is 1240. The maximum atomic E-state index is 13.9. The van der Waals surface area contributed by atoms with Crippen LogP contribution in [0, 0.1) is 28.6 Å². The van der Waals surface area contributed by atoms with Crippen molar-refractivity contribution in [3.05, 3.63) is 53.6 Å². The maximum Gasteiger partial charge on any atom is 0.231 e. The van der Waals surface area contributed by atoms with Crippen LogP contribution in [0.2, 0.25) is 0 Å². The number of rotatable bonds is 10. The first-order valence-electron chi connectivity index (χ1n) is 14.6. The maximum absolute atomic E-state index is 13.9. The van der Waals surface area contributed by atoms with Gasteiger partial charge >= 0.3 is 0 Å². The number of amides is 1. The molecule has 0 aliphatic heterocycles. The Morgan fingerprint density at radius 1 is 1.18 bits per heavy atom. The first-order valence-corrected chi connectivity index (χ1v) is 14.6. The van der Waals surface area contributed by atoms with Gasteiger partial charge in [-0.1, -0.05) is 19.3 Å². The van der Waals surface area contributed by atoms with Crippen LogP contribution in [-0.4, -0.2) is 41.8 Å². The van der Waals surface area contributed by atoms with Gasteiger partial charge in [-0.15, -0.1) is 0 Å². The molecule has 8 heteroatoms. The number of nitrogens with zero attached hydrogens (tertiary/aromatic N) is 4. The third-order valence-electron chi connectivity index (χ3n) is 8.21. The predicted molar refractivity (Wildman–Crippen MR) is 158 cm³/mol. The zero-order valence-electron chi connectivity index (χ0n) is 24.0. The summed E-state index contributed by atoms with van der Waals surface area (Å²) in [4.78, 5) is 25.1. The van der Waals surface area contributed by atoms with Gasteiger partial charge in [0.2, 0.25) is 5.91 Å². The molecule has 2 heterocycles. The van der Waals surface area contributed by atoms with Crippen molar-refractivity contribution in [2.24, 2.45) is 11.8 Å². The Hall–Kier alpha value is -3.73. The number of anilines is 1. The molecule has 2 N–H and O–H groups in total. The number of carbonyl (C=O) groups is 1. The summed E-state index contributed by atoms with van der Waals surface area (Å²) in [5.74, 6) is 2.07. The van der Waals surface area contributed by atoms with Gasteiger partial charge in [0.1, 0.15) is 11.9 Å². The average Bonchev–Trinajstić information content (AvgIpc) is 3.00. The van der Waals surface area contributed by atoms with Crippen LogP contribution in [0.4, 0.5) is 5.82 Å². The molecule has 2 saturated carbocycles. The molecule has 0 aromatic carbocycles. The number of nitrogens with one attached hydrogen (secondary N) is 2. The normalized spacial score (nSPS) is 20.0. The lowest BCUT2D eigenvalue weighted by Crippen LogP contribution is -2.41. The van der Waals surface area contributed by atoms with Crippen molar-refractivity contribution in [3.8, 4) is 11.8 Å². The molecule has 0 atom stereocenters. The number of hydrogen-bond donors (Lipinski definition) is 2. The highest BCUT2D eigenvalue weighted by atomic mass is 16.5. The quantitative estimate of drug-likeness (QED) is 0.344. The van der Waals surface area contributed by atoms with Gasteiger partial charge in [0.05, 0.1) is 7.11 Å². The fraction of sp³-hybridized carbons (Fsp3) is 0.531. The van der Waals surface area contributed by atoms with E-state index in [9.17, 15) is 10.1 Å². The number of methoxy groups -OCH3 is 1. The standard InChI is InChI=1S/C32H42N6O2/c1-22(2)36-20-27(18-33)26-15-16-35-31(17-26)38(32(39)25-7-5-4-6-8-25)21-23-9-11-24(12-10-23)28-13-14-30(40-3)29(19-34)37-28/h13-18,20,22-25,33,36H,4-12,21H2,1-3H3/b27-20+,33-18?. The fourth-order valence-electron chi connectivity index (χ4n) is 5.91. The number of nitriles is 1. The van der Waals surface area contributed by atoms with Crippen LogP contribution in [0.5, 0.6) is 5.75 Å². The molecule has 0 unspecified atom stereocenters. The number of pyridine rings is 2. The van der Waals surface area contributed by atoms with Crippen LogP contribution in [-0.2, 0) is 4.79 Å². The molecule has 1 amide bonds. The van der Waals surface area contributed by atoms with Crippen LogP contribution in [0.3, 0.4) is 0 Å². The van der Waals surface area contributed by atoms with E-state index in [4.69, 9.17) is 10.1 Å². The van der Waals surface area contributed by atoms with E-state index in [-0.39, 0.29) is 17.9 Å². The second-order valence-electron chi connectivity index (χ2n) is 11.4. The van der Waals surface area contributed by atoms with Crippen molar-refractivity contribution in [2.75, 3.05) is 18.6 Å². The van der Waals surface area contributed by atoms with Gasteiger partial charge in [0.15, 0.2) is 11.4 Å². The van der Waals surface area contributed by atoms with Crippen molar-refractivity contribution < 1.29 is 9.53 Å². The number of carbonyl (C=O) groups excluding carboxylic acids is 1. The van der Waals surface area contributed by atoms with E-state index in [1.807, 2.05) is 35.4 Å². The summed E-state index contributed by atoms with van der Waals surface area (Å²) in [5, 5.41) is 20.7. The molecule has 2 aromatic rings. The van der Waals surface area contributed by atoms with E-state index in [2.05, 4.69) is 35.2 Å². The lowest BCUT2D eigenvalue weighted by molar-refractivity contribution is -0.123. The average molecular weight is 543 g/mol. The van der Waals surface area contributed by atoms with Crippen molar-refractivity contribution >= 4 is 23.5 Å². The first kappa shape index (κ1) is 29.3. The second-order valence-corrected chi connectivity index (χ2v) is 11.4. The summed E-state index contributed by atoms with van der Waals surface area (Å²) in [6, 6.07) is 10.1. The second kappa shape index (κ2) is 14.1. The van der Waals surface area contributed by atoms with Gasteiger partial charge in [-0.05, 0) is 88.1 Å². The summed E-state index contributed by atoms with van der Waals surface area (Å²) in [6.45, 7) is 4.76. The number of aromatic nitrogens is 2. The number of hydrogen-bond acceptors (Lipinski definition) is 7. The molecule has 0 spiro atoms. The molecule has 8 nitrogen and oxygen atoms in total. The summed E-state index contributed by atoms with van der Waals surface area (Å²) in [6.07, 6.45) is 14.1. The Morgan fingerprint density at radius 2 is 1.93 bits per heavy atom. The Labute approximate surface area is 238 Å². The minimum Gasteiger partial charge on any atom is -0.494 e. The van der Waals surface area contributed by atoms with Gasteiger partial charge in [-0.25, -0.2) is 9.97 Å². The van der Waals surface area contributed by atoms with Gasteiger partial charge in [0.25, 0.3) is 0 Å². The highest BCUT2D eigenvalue weighted by Gasteiger charge is 2.32. The summed E-state index contributed by atoms with van der Waals surface area (Å²) in [5.41, 5.74) is 2.91. The minimum absolute atomic E-state index is 0.0452. The minimum atomic E-state index is 0.0452. The lowest BCUT2D eigenvalue weighted by atomic mass is 9.79. The molecular formula is C32H42N6O2. The van der Waals surface area contributed by atoms with Gasteiger partial charge in [0, 0.05) is 54.3 Å². The van der Waals surface area contributed by atoms with Crippen LogP contribution in [0.25, 0.3) is 5.57 Å². The van der Waals surface area contributed by atoms with Gasteiger partial charge in [-0.3, -0.25) is 9.69 Å². The van der Waals surface area contributed by atoms with Gasteiger partial charge in [-0.2, -0.15) is 5.26 Å². The molecule has 0 saturated heterocycles. The molecular weight excluding hydrogens is 500 g/mol. The first-order chi connectivity index (χ1) is 19.4. The smallest absolute Gasteiger partial charge is 0.231 e. The SMILES string of the molecule is COc1ccc(C2CCC(CN(C(=O)C3CCCCC3)c3cc(/C(C=N)=C/NC(C)C)ccn3)CC2)nc1C#N. The van der Waals surface area contributed by atoms with E-state index in [0.717, 1.165) is 68.2 Å². The molecule has 2 aliphatic rings. The van der Waals surface area contributed by atoms with E-state index in [0.29, 0.717) is 35.6 Å². The summed E-state index contributed by atoms with van der Waals surface area (Å²) < 4.78 is 5.26. The molecule has 40 heavy (non-hydrogen) atoms. The van der Waals surface area contributed by atoms with Crippen molar-refractivity contribution in [1.29, 1.82) is 10.7 Å². The van der Waals surface area contributed by atoms with E-state index >= 15 is 0 Å². The molecule has 2 aliphatic carbocycles. The van der Waals surface area contributed by atoms with Crippen LogP contribution in [0.1, 0.15) is 94.5 Å². The highest BCUT2D eigenvalue weighted by Crippen LogP contribution is 2.37. The molecule has 4 rings (SSSR count). The lowest BCUT2D eigenvalue weighted by Gasteiger charge is -2.34. The summed E-state index contributed by atoms with van der Waals surface area (Å²) in [7, 11) is 1.55. The molecule has 212 valence electrons. The Morgan fingerprint density at radius 3 is 2.58 bits per heavy atom. The number of ether oxygens (including phenoxy) is 1. The van der Waals surface area contributed by atoms with Crippen molar-refractivity contribution in [1.82, 2.24) is 15.3 Å². The van der Waals surface area contributed by atoms with E-state index in [1.165, 1.54) is 12.6 Å². The summed E-state index contributed by atoms with van der Waals surface area (Å²) >= 11 is 0. The monoisotopic (exact) mass is 542 g/mol. The largest absolute Gasteiger partial charge is 0.494 e. The third-order valence-corrected chi connectivity index (χ3v) is 8.21. The zero-order valence-corrected chi connectivity index (χ0v) is 24.0. The van der Waals surface area contributed by atoms with Crippen LogP contribution < -0.4 is 15.0 Å². The number of allylic oxidation sites excluding steroid dienone is 1. The van der Waals surface area contributed by atoms with Gasteiger partial charge < -0.3 is 15.5 Å². The highest BCUT2D eigenvalue weighted by molar-refractivity contribution is 6.08. The predicted octanol–water partition coefficient (Wildman–Crippen LogP) is 6.23. The topological polar surface area (TPSA) is 115 Å². The molecule has 2 aromatic heterocycles. The third kappa shape index (κ3) is 7.26.